The highest BCUT2D eigenvalue weighted by atomic mass is 35.5. The molecule has 0 atom stereocenters. The van der Waals surface area contributed by atoms with Crippen molar-refractivity contribution in [2.75, 3.05) is 46.3 Å². The fourth-order valence-corrected chi connectivity index (χ4v) is 4.52. The number of carbonyl (C=O) groups excluding carboxylic acids is 1. The highest BCUT2D eigenvalue weighted by Gasteiger charge is 2.24. The van der Waals surface area contributed by atoms with Gasteiger partial charge in [0.15, 0.2) is 5.13 Å². The first kappa shape index (κ1) is 24.9. The number of halogens is 1. The minimum Gasteiger partial charge on any atom is -0.495 e. The van der Waals surface area contributed by atoms with Gasteiger partial charge in [-0.2, -0.15) is 0 Å². The van der Waals surface area contributed by atoms with Crippen LogP contribution in [0.5, 0.6) is 11.5 Å². The zero-order valence-corrected chi connectivity index (χ0v) is 20.5. The minimum atomic E-state index is -0.0387. The minimum absolute atomic E-state index is 0. The van der Waals surface area contributed by atoms with E-state index in [0.29, 0.717) is 28.5 Å². The highest BCUT2D eigenvalue weighted by Crippen LogP contribution is 2.40. The van der Waals surface area contributed by atoms with Crippen molar-refractivity contribution >= 4 is 45.0 Å². The number of anilines is 1. The summed E-state index contributed by atoms with van der Waals surface area (Å²) in [6.45, 7) is 5.47. The lowest BCUT2D eigenvalue weighted by Gasteiger charge is -2.22. The van der Waals surface area contributed by atoms with Gasteiger partial charge in [-0.3, -0.25) is 9.69 Å². The van der Waals surface area contributed by atoms with Gasteiger partial charge in [0.25, 0.3) is 5.91 Å². The van der Waals surface area contributed by atoms with Gasteiger partial charge in [0.2, 0.25) is 0 Å². The van der Waals surface area contributed by atoms with E-state index in [1.165, 1.54) is 11.3 Å². The van der Waals surface area contributed by atoms with Crippen molar-refractivity contribution in [3.8, 4) is 11.5 Å². The molecule has 8 heteroatoms. The zero-order chi connectivity index (χ0) is 21.8. The van der Waals surface area contributed by atoms with Crippen molar-refractivity contribution in [2.24, 2.45) is 0 Å². The maximum absolute atomic E-state index is 13.6. The molecule has 0 N–H and O–H groups in total. The third kappa shape index (κ3) is 5.47. The Kier molecular flexibility index (Phi) is 8.68. The van der Waals surface area contributed by atoms with E-state index in [0.717, 1.165) is 34.5 Å². The van der Waals surface area contributed by atoms with Crippen LogP contribution in [0, 0.1) is 13.8 Å². The van der Waals surface area contributed by atoms with E-state index < -0.39 is 0 Å². The second-order valence-electron chi connectivity index (χ2n) is 7.58. The van der Waals surface area contributed by atoms with Crippen molar-refractivity contribution in [1.82, 2.24) is 9.88 Å². The Balaban J connectivity index is 0.00000341. The third-order valence-electron chi connectivity index (χ3n) is 4.97. The van der Waals surface area contributed by atoms with Gasteiger partial charge in [0, 0.05) is 12.1 Å². The quantitative estimate of drug-likeness (QED) is 0.473. The summed E-state index contributed by atoms with van der Waals surface area (Å²) in [6, 6.07) is 9.62. The number of thiazole rings is 1. The van der Waals surface area contributed by atoms with E-state index in [1.54, 1.807) is 19.1 Å². The molecule has 0 aliphatic heterocycles. The second-order valence-corrected chi connectivity index (χ2v) is 8.55. The molecule has 0 fully saturated rings. The Morgan fingerprint density at radius 2 is 1.71 bits per heavy atom. The molecule has 1 heterocycles. The molecule has 0 radical (unpaired) electrons. The molecule has 0 saturated carbocycles. The number of amides is 1. The summed E-state index contributed by atoms with van der Waals surface area (Å²) < 4.78 is 11.9. The number of hydrogen-bond donors (Lipinski definition) is 0. The molecule has 0 bridgehead atoms. The SMILES string of the molecule is COc1ccc(OC)c2sc(N(CCCN(C)C)C(=O)c3ccc(C)cc3C)nc12.Cl. The first-order valence-electron chi connectivity index (χ1n) is 9.91. The summed E-state index contributed by atoms with van der Waals surface area (Å²) >= 11 is 1.45. The summed E-state index contributed by atoms with van der Waals surface area (Å²) in [5.41, 5.74) is 3.51. The molecule has 0 unspecified atom stereocenters. The lowest BCUT2D eigenvalue weighted by Crippen LogP contribution is -2.33. The maximum Gasteiger partial charge on any atom is 0.260 e. The first-order chi connectivity index (χ1) is 14.3. The fourth-order valence-electron chi connectivity index (χ4n) is 3.42. The van der Waals surface area contributed by atoms with Gasteiger partial charge in [-0.1, -0.05) is 29.0 Å². The van der Waals surface area contributed by atoms with Crippen LogP contribution in [-0.4, -0.2) is 57.2 Å². The van der Waals surface area contributed by atoms with Gasteiger partial charge in [-0.05, 0) is 64.7 Å². The van der Waals surface area contributed by atoms with Gasteiger partial charge in [-0.15, -0.1) is 12.4 Å². The third-order valence-corrected chi connectivity index (χ3v) is 6.07. The average Bonchev–Trinajstić information content (AvgIpc) is 3.14. The number of benzene rings is 2. The molecule has 1 aromatic heterocycles. The van der Waals surface area contributed by atoms with Crippen LogP contribution in [0.4, 0.5) is 5.13 Å². The number of hydrogen-bond acceptors (Lipinski definition) is 6. The van der Waals surface area contributed by atoms with Crippen LogP contribution in [0.1, 0.15) is 27.9 Å². The number of methoxy groups -OCH3 is 2. The van der Waals surface area contributed by atoms with E-state index in [-0.39, 0.29) is 18.3 Å². The van der Waals surface area contributed by atoms with E-state index in [2.05, 4.69) is 4.90 Å². The van der Waals surface area contributed by atoms with Crippen LogP contribution in [0.15, 0.2) is 30.3 Å². The number of nitrogens with zero attached hydrogens (tertiary/aromatic N) is 3. The normalized spacial score (nSPS) is 10.8. The second kappa shape index (κ2) is 10.8. The van der Waals surface area contributed by atoms with Gasteiger partial charge in [0.05, 0.1) is 14.2 Å². The standard InChI is InChI=1S/C23H29N3O3S.ClH/c1-15-8-9-17(16(2)14-15)22(27)26(13-7-12-25(3)4)23-24-20-18(28-5)10-11-19(29-6)21(20)30-23;/h8-11,14H,7,12-13H2,1-6H3;1H. The highest BCUT2D eigenvalue weighted by molar-refractivity contribution is 7.22. The Hall–Kier alpha value is -2.35. The van der Waals surface area contributed by atoms with Gasteiger partial charge < -0.3 is 14.4 Å². The average molecular weight is 464 g/mol. The van der Waals surface area contributed by atoms with E-state index in [4.69, 9.17) is 14.5 Å². The molecule has 1 amide bonds. The molecule has 0 aliphatic rings. The molecule has 168 valence electrons. The first-order valence-corrected chi connectivity index (χ1v) is 10.7. The molecular formula is C23H30ClN3O3S. The summed E-state index contributed by atoms with van der Waals surface area (Å²) in [7, 11) is 7.32. The monoisotopic (exact) mass is 463 g/mol. The van der Waals surface area contributed by atoms with Gasteiger partial charge >= 0.3 is 0 Å². The summed E-state index contributed by atoms with van der Waals surface area (Å²) in [5.74, 6) is 1.35. The smallest absolute Gasteiger partial charge is 0.260 e. The van der Waals surface area contributed by atoms with Crippen molar-refractivity contribution in [3.05, 3.63) is 47.0 Å². The van der Waals surface area contributed by atoms with Crippen LogP contribution in [0.3, 0.4) is 0 Å². The number of ether oxygens (including phenoxy) is 2. The summed E-state index contributed by atoms with van der Waals surface area (Å²) in [5, 5.41) is 0.650. The lowest BCUT2D eigenvalue weighted by atomic mass is 10.0. The number of aromatic nitrogens is 1. The van der Waals surface area contributed by atoms with Crippen molar-refractivity contribution < 1.29 is 14.3 Å². The predicted molar refractivity (Wildman–Crippen MR) is 131 cm³/mol. The molecule has 0 spiro atoms. The number of fused-ring (bicyclic) bond motifs is 1. The Labute approximate surface area is 194 Å². The molecule has 3 aromatic rings. The number of aryl methyl sites for hydroxylation is 2. The van der Waals surface area contributed by atoms with E-state index in [9.17, 15) is 4.79 Å². The molecule has 31 heavy (non-hydrogen) atoms. The van der Waals surface area contributed by atoms with Crippen molar-refractivity contribution in [2.45, 2.75) is 20.3 Å². The summed E-state index contributed by atoms with van der Waals surface area (Å²) in [4.78, 5) is 22.2. The molecule has 3 rings (SSSR count). The Morgan fingerprint density at radius 3 is 2.32 bits per heavy atom. The molecule has 6 nitrogen and oxygen atoms in total. The van der Waals surface area contributed by atoms with Crippen LogP contribution < -0.4 is 14.4 Å². The van der Waals surface area contributed by atoms with Gasteiger partial charge in [0.1, 0.15) is 21.7 Å². The zero-order valence-electron chi connectivity index (χ0n) is 18.9. The van der Waals surface area contributed by atoms with Crippen LogP contribution >= 0.6 is 23.7 Å². The number of carbonyl (C=O) groups is 1. The Bertz CT molecular complexity index is 1010. The Morgan fingerprint density at radius 1 is 1.03 bits per heavy atom. The van der Waals surface area contributed by atoms with E-state index in [1.807, 2.05) is 58.3 Å². The van der Waals surface area contributed by atoms with Crippen molar-refractivity contribution in [1.29, 1.82) is 0 Å². The van der Waals surface area contributed by atoms with E-state index >= 15 is 0 Å². The predicted octanol–water partition coefficient (Wildman–Crippen LogP) is 4.95. The van der Waals surface area contributed by atoms with Crippen LogP contribution in [-0.2, 0) is 0 Å². The largest absolute Gasteiger partial charge is 0.495 e. The topological polar surface area (TPSA) is 54.9 Å². The lowest BCUT2D eigenvalue weighted by molar-refractivity contribution is 0.0985. The molecule has 0 saturated heterocycles. The fraction of sp³-hybridized carbons (Fsp3) is 0.391. The van der Waals surface area contributed by atoms with Gasteiger partial charge in [-0.25, -0.2) is 4.98 Å². The maximum atomic E-state index is 13.6. The molecule has 0 aliphatic carbocycles. The summed E-state index contributed by atoms with van der Waals surface area (Å²) in [6.07, 6.45) is 0.841. The van der Waals surface area contributed by atoms with Crippen LogP contribution in [0.2, 0.25) is 0 Å². The number of rotatable bonds is 8. The molecule has 2 aromatic carbocycles. The van der Waals surface area contributed by atoms with Crippen molar-refractivity contribution in [3.63, 3.8) is 0 Å². The van der Waals surface area contributed by atoms with Crippen LogP contribution in [0.25, 0.3) is 10.2 Å². The molecular weight excluding hydrogens is 434 g/mol.